The minimum absolute atomic E-state index is 0.0136. The van der Waals surface area contributed by atoms with Gasteiger partial charge in [-0.1, -0.05) is 0 Å². The summed E-state index contributed by atoms with van der Waals surface area (Å²) in [5.74, 6) is -4.62. The molecule has 7 N–H and O–H groups in total. The highest BCUT2D eigenvalue weighted by Gasteiger charge is 2.37. The van der Waals surface area contributed by atoms with Crippen LogP contribution in [0.25, 0.3) is 0 Å². The summed E-state index contributed by atoms with van der Waals surface area (Å²) in [7, 11) is 0. The molecule has 0 aromatic heterocycles. The Bertz CT molecular complexity index is 836. The van der Waals surface area contributed by atoms with Crippen LogP contribution in [0.1, 0.15) is 12.8 Å². The number of carboxylic acid groups (broad SMARTS) is 1. The lowest BCUT2D eigenvalue weighted by Gasteiger charge is -2.28. The van der Waals surface area contributed by atoms with Crippen LogP contribution in [0, 0.1) is 0 Å². The maximum atomic E-state index is 12.9. The first-order chi connectivity index (χ1) is 17.0. The van der Waals surface area contributed by atoms with E-state index in [1.807, 2.05) is 0 Å². The van der Waals surface area contributed by atoms with E-state index in [0.29, 0.717) is 12.8 Å². The fourth-order valence-electron chi connectivity index (χ4n) is 3.23. The summed E-state index contributed by atoms with van der Waals surface area (Å²) in [5, 5.41) is 18.5. The zero-order valence-corrected chi connectivity index (χ0v) is 22.8. The van der Waals surface area contributed by atoms with Gasteiger partial charge < -0.3 is 37.0 Å². The quantitative estimate of drug-likeness (QED) is 0.0935. The number of amides is 5. The third kappa shape index (κ3) is 9.57. The van der Waals surface area contributed by atoms with Crippen LogP contribution in [-0.2, 0) is 28.8 Å². The van der Waals surface area contributed by atoms with Crippen molar-refractivity contribution in [3.8, 4) is 0 Å². The maximum Gasteiger partial charge on any atom is 0.327 e. The van der Waals surface area contributed by atoms with E-state index in [4.69, 9.17) is 10.8 Å². The predicted molar refractivity (Wildman–Crippen MR) is 145 cm³/mol. The second-order valence-corrected chi connectivity index (χ2v) is 9.29. The van der Waals surface area contributed by atoms with Crippen LogP contribution in [0.4, 0.5) is 0 Å². The average molecular weight is 585 g/mol. The van der Waals surface area contributed by atoms with Gasteiger partial charge in [0.25, 0.3) is 0 Å². The van der Waals surface area contributed by atoms with Crippen molar-refractivity contribution in [2.45, 2.75) is 43.1 Å². The number of thiol groups is 4. The molecule has 0 aliphatic carbocycles. The van der Waals surface area contributed by atoms with Crippen LogP contribution < -0.4 is 27.0 Å². The highest BCUT2D eigenvalue weighted by atomic mass is 32.1. The van der Waals surface area contributed by atoms with Crippen molar-refractivity contribution in [3.63, 3.8) is 0 Å². The van der Waals surface area contributed by atoms with Gasteiger partial charge in [-0.15, -0.1) is 0 Å². The Balaban J connectivity index is 2.68. The number of hydrogen-bond acceptors (Lipinski definition) is 11. The first kappa shape index (κ1) is 32.2. The number of nitrogens with zero attached hydrogens (tertiary/aromatic N) is 1. The van der Waals surface area contributed by atoms with Crippen molar-refractivity contribution in [1.29, 1.82) is 0 Å². The Kier molecular flexibility index (Phi) is 14.4. The van der Waals surface area contributed by atoms with Crippen LogP contribution >= 0.6 is 50.5 Å². The molecule has 1 saturated heterocycles. The van der Waals surface area contributed by atoms with E-state index in [2.05, 4.69) is 71.8 Å². The molecule has 13 nitrogen and oxygen atoms in total. The molecular weight excluding hydrogens is 553 g/mol. The largest absolute Gasteiger partial charge is 0.480 e. The Morgan fingerprint density at radius 2 is 1.44 bits per heavy atom. The fourth-order valence-corrected chi connectivity index (χ4v) is 4.15. The van der Waals surface area contributed by atoms with Gasteiger partial charge in [-0.05, 0) is 12.8 Å². The number of rotatable bonds is 14. The lowest BCUT2D eigenvalue weighted by Crippen LogP contribution is -2.57. The second kappa shape index (κ2) is 16.1. The summed E-state index contributed by atoms with van der Waals surface area (Å²) in [6.07, 6.45) is 0.891. The summed E-state index contributed by atoms with van der Waals surface area (Å²) in [6, 6.07) is -5.16. The Morgan fingerprint density at radius 3 is 1.97 bits per heavy atom. The molecule has 36 heavy (non-hydrogen) atoms. The number of nitrogens with one attached hydrogen (secondary N) is 4. The van der Waals surface area contributed by atoms with Crippen molar-refractivity contribution >= 4 is 86.0 Å². The highest BCUT2D eigenvalue weighted by Crippen LogP contribution is 2.19. The first-order valence-corrected chi connectivity index (χ1v) is 13.4. The van der Waals surface area contributed by atoms with E-state index in [1.54, 1.807) is 0 Å². The SMILES string of the molecule is N[C@@H](CS)C(=O)N[C@@H](CS)C(=O)N1CCC[C@H]1C(=O)NCC(=O)N[C@@H](CS)C(=O)N[C@@H](CS)C(=O)O. The summed E-state index contributed by atoms with van der Waals surface area (Å²) in [6.45, 7) is -0.215. The Morgan fingerprint density at radius 1 is 0.861 bits per heavy atom. The van der Waals surface area contributed by atoms with Crippen LogP contribution in [0.15, 0.2) is 0 Å². The molecule has 17 heteroatoms. The minimum atomic E-state index is -1.28. The molecule has 0 unspecified atom stereocenters. The predicted octanol–water partition coefficient (Wildman–Crippen LogP) is -3.32. The topological polar surface area (TPSA) is 200 Å². The van der Waals surface area contributed by atoms with Gasteiger partial charge in [0, 0.05) is 29.6 Å². The molecule has 1 aliphatic rings. The zero-order valence-electron chi connectivity index (χ0n) is 19.3. The molecular formula is C19H32N6O7S4. The number of carbonyl (C=O) groups excluding carboxylic acids is 5. The van der Waals surface area contributed by atoms with Gasteiger partial charge in [0.1, 0.15) is 24.2 Å². The van der Waals surface area contributed by atoms with Gasteiger partial charge in [-0.2, -0.15) is 50.5 Å². The molecule has 1 rings (SSSR count). The summed E-state index contributed by atoms with van der Waals surface area (Å²) in [5.41, 5.74) is 5.62. The van der Waals surface area contributed by atoms with Crippen molar-refractivity contribution in [2.75, 3.05) is 36.1 Å². The van der Waals surface area contributed by atoms with Gasteiger partial charge in [-0.25, -0.2) is 4.79 Å². The molecule has 204 valence electrons. The number of likely N-dealkylation sites (tertiary alicyclic amines) is 1. The van der Waals surface area contributed by atoms with Gasteiger partial charge >= 0.3 is 5.97 Å². The van der Waals surface area contributed by atoms with Crippen LogP contribution in [0.5, 0.6) is 0 Å². The smallest absolute Gasteiger partial charge is 0.327 e. The Labute approximate surface area is 230 Å². The van der Waals surface area contributed by atoms with Gasteiger partial charge in [0.05, 0.1) is 12.6 Å². The lowest BCUT2D eigenvalue weighted by molar-refractivity contribution is -0.141. The number of carboxylic acids is 1. The van der Waals surface area contributed by atoms with E-state index < -0.39 is 72.3 Å². The maximum absolute atomic E-state index is 12.9. The van der Waals surface area contributed by atoms with E-state index >= 15 is 0 Å². The van der Waals surface area contributed by atoms with Crippen molar-refractivity contribution < 1.29 is 33.9 Å². The fraction of sp³-hybridized carbons (Fsp3) is 0.684. The zero-order chi connectivity index (χ0) is 27.4. The minimum Gasteiger partial charge on any atom is -0.480 e. The van der Waals surface area contributed by atoms with Gasteiger partial charge in [0.15, 0.2) is 0 Å². The highest BCUT2D eigenvalue weighted by molar-refractivity contribution is 7.80. The first-order valence-electron chi connectivity index (χ1n) is 10.9. The van der Waals surface area contributed by atoms with Crippen molar-refractivity contribution in [2.24, 2.45) is 5.73 Å². The Hall–Kier alpha value is -1.82. The van der Waals surface area contributed by atoms with Crippen LogP contribution in [0.3, 0.4) is 0 Å². The second-order valence-electron chi connectivity index (χ2n) is 7.82. The number of aliphatic carboxylic acids is 1. The lowest BCUT2D eigenvalue weighted by atomic mass is 10.2. The number of carbonyl (C=O) groups is 6. The van der Waals surface area contributed by atoms with Crippen LogP contribution in [0.2, 0.25) is 0 Å². The molecule has 0 saturated carbocycles. The molecule has 5 amide bonds. The van der Waals surface area contributed by atoms with Crippen molar-refractivity contribution in [3.05, 3.63) is 0 Å². The van der Waals surface area contributed by atoms with E-state index in [9.17, 15) is 28.8 Å². The number of nitrogens with two attached hydrogens (primary N) is 1. The molecule has 0 spiro atoms. The molecule has 1 heterocycles. The van der Waals surface area contributed by atoms with Gasteiger partial charge in [-0.3, -0.25) is 24.0 Å². The monoisotopic (exact) mass is 584 g/mol. The van der Waals surface area contributed by atoms with E-state index in [1.165, 1.54) is 4.90 Å². The third-order valence-corrected chi connectivity index (χ3v) is 6.71. The van der Waals surface area contributed by atoms with Gasteiger partial charge in [0.2, 0.25) is 29.5 Å². The summed E-state index contributed by atoms with van der Waals surface area (Å²) >= 11 is 15.9. The summed E-state index contributed by atoms with van der Waals surface area (Å²) in [4.78, 5) is 74.6. The molecule has 0 bridgehead atoms. The summed E-state index contributed by atoms with van der Waals surface area (Å²) < 4.78 is 0. The number of hydrogen-bond donors (Lipinski definition) is 10. The normalized spacial score (nSPS) is 18.4. The molecule has 0 radical (unpaired) electrons. The molecule has 0 aromatic rings. The van der Waals surface area contributed by atoms with Crippen molar-refractivity contribution in [1.82, 2.24) is 26.2 Å². The van der Waals surface area contributed by atoms with Crippen LogP contribution in [-0.4, -0.2) is 112 Å². The molecule has 5 atom stereocenters. The standard InChI is InChI=1S/C19H32N6O7S4/c20-9(5-33)15(27)23-11(7-35)18(30)25-3-1-2-13(25)17(29)21-4-14(26)22-10(6-34)16(28)24-12(8-36)19(31)32/h9-13,33-36H,1-8,20H2,(H,21,29)(H,22,26)(H,23,27)(H,24,28)(H,31,32)/t9-,10-,11-,12-,13-/m0/s1. The molecule has 0 aromatic carbocycles. The molecule has 1 aliphatic heterocycles. The van der Waals surface area contributed by atoms with E-state index in [-0.39, 0.29) is 29.6 Å². The third-order valence-electron chi connectivity index (χ3n) is 5.22. The molecule has 1 fully saturated rings. The average Bonchev–Trinajstić information content (AvgIpc) is 3.36. The van der Waals surface area contributed by atoms with E-state index in [0.717, 1.165) is 0 Å².